The maximum Gasteiger partial charge on any atom is 0.334 e. The van der Waals surface area contributed by atoms with Crippen LogP contribution in [0.25, 0.3) is 0 Å². The fraction of sp³-hybridized carbons (Fsp3) is 0.688. The van der Waals surface area contributed by atoms with Gasteiger partial charge in [-0.1, -0.05) is 56.9 Å². The van der Waals surface area contributed by atoms with E-state index in [9.17, 15) is 14.0 Å². The number of unbranched alkanes of at least 4 members (excludes halogenated alkanes) is 1. The zero-order chi connectivity index (χ0) is 31.4. The van der Waals surface area contributed by atoms with E-state index in [0.29, 0.717) is 12.8 Å². The second-order valence-corrected chi connectivity index (χ2v) is 16.5. The fourth-order valence-corrected chi connectivity index (χ4v) is 7.47. The quantitative estimate of drug-likeness (QED) is 0.143. The molecule has 1 aliphatic carbocycles. The first-order valence-corrected chi connectivity index (χ1v) is 18.7. The molecule has 0 aliphatic heterocycles. The lowest BCUT2D eigenvalue weighted by Gasteiger charge is -2.33. The SMILES string of the molecule is CCCCC(CCC)OP(=O)(O)CC1=CC=C(OC(C)(C)CCC(C)(C)Oc2ccc(CP(=O)(OC)OC)cc2)CC1. The van der Waals surface area contributed by atoms with Crippen LogP contribution in [0.4, 0.5) is 0 Å². The van der Waals surface area contributed by atoms with Crippen molar-refractivity contribution in [2.24, 2.45) is 0 Å². The zero-order valence-electron chi connectivity index (χ0n) is 27.0. The summed E-state index contributed by atoms with van der Waals surface area (Å²) in [4.78, 5) is 10.6. The minimum Gasteiger partial charge on any atom is -0.492 e. The number of benzene rings is 1. The van der Waals surface area contributed by atoms with E-state index >= 15 is 0 Å². The molecule has 10 heteroatoms. The molecule has 0 spiro atoms. The van der Waals surface area contributed by atoms with Crippen molar-refractivity contribution >= 4 is 15.2 Å². The van der Waals surface area contributed by atoms with E-state index in [1.807, 2.05) is 36.4 Å². The summed E-state index contributed by atoms with van der Waals surface area (Å²) in [6, 6.07) is 7.49. The smallest absolute Gasteiger partial charge is 0.334 e. The third-order valence-corrected chi connectivity index (χ3v) is 10.7. The lowest BCUT2D eigenvalue weighted by atomic mass is 9.93. The van der Waals surface area contributed by atoms with Gasteiger partial charge in [0.1, 0.15) is 17.0 Å². The Morgan fingerprint density at radius 1 is 0.833 bits per heavy atom. The van der Waals surface area contributed by atoms with Crippen molar-refractivity contribution in [3.05, 3.63) is 53.3 Å². The van der Waals surface area contributed by atoms with Gasteiger partial charge in [0.2, 0.25) is 0 Å². The first kappa shape index (κ1) is 36.8. The molecule has 1 N–H and O–H groups in total. The van der Waals surface area contributed by atoms with Gasteiger partial charge in [-0.3, -0.25) is 9.13 Å². The van der Waals surface area contributed by atoms with Crippen molar-refractivity contribution in [1.82, 2.24) is 0 Å². The Morgan fingerprint density at radius 2 is 1.45 bits per heavy atom. The van der Waals surface area contributed by atoms with Crippen molar-refractivity contribution in [3.63, 3.8) is 0 Å². The fourth-order valence-electron chi connectivity index (χ4n) is 4.88. The molecule has 42 heavy (non-hydrogen) atoms. The Bertz CT molecular complexity index is 1120. The molecule has 1 aromatic carbocycles. The number of hydrogen-bond acceptors (Lipinski definition) is 7. The molecule has 1 aromatic rings. The van der Waals surface area contributed by atoms with Crippen LogP contribution < -0.4 is 4.74 Å². The molecule has 0 saturated heterocycles. The standard InChI is InChI=1S/C32H54O8P2/c1-9-11-13-30(12-10-2)40-41(33,34)24-26-14-18-28(19-15-26)38-31(3,4)22-23-32(5,6)39-29-20-16-27(17-21-29)25-42(35,36-7)37-8/h14,16-18,20-21,30H,9-13,15,19,22-25H2,1-8H3,(H,33,34). The highest BCUT2D eigenvalue weighted by Crippen LogP contribution is 2.50. The van der Waals surface area contributed by atoms with Gasteiger partial charge in [-0.15, -0.1) is 0 Å². The van der Waals surface area contributed by atoms with Crippen LogP contribution in [0.5, 0.6) is 5.75 Å². The van der Waals surface area contributed by atoms with Gasteiger partial charge in [0.15, 0.2) is 0 Å². The van der Waals surface area contributed by atoms with Crippen LogP contribution in [-0.4, -0.2) is 42.6 Å². The molecule has 2 atom stereocenters. The molecule has 0 saturated carbocycles. The number of ether oxygens (including phenoxy) is 2. The average Bonchev–Trinajstić information content (AvgIpc) is 2.92. The van der Waals surface area contributed by atoms with Crippen LogP contribution in [0.2, 0.25) is 0 Å². The van der Waals surface area contributed by atoms with E-state index in [4.69, 9.17) is 23.0 Å². The van der Waals surface area contributed by atoms with Crippen LogP contribution in [0.1, 0.15) is 105 Å². The van der Waals surface area contributed by atoms with E-state index in [2.05, 4.69) is 41.5 Å². The van der Waals surface area contributed by atoms with E-state index in [-0.39, 0.29) is 18.4 Å². The molecule has 2 unspecified atom stereocenters. The molecular formula is C32H54O8P2. The topological polar surface area (TPSA) is 101 Å². The second kappa shape index (κ2) is 16.6. The van der Waals surface area contributed by atoms with Crippen molar-refractivity contribution in [2.45, 2.75) is 123 Å². The largest absolute Gasteiger partial charge is 0.492 e. The summed E-state index contributed by atoms with van der Waals surface area (Å²) >= 11 is 0. The third-order valence-electron chi connectivity index (χ3n) is 7.39. The predicted molar refractivity (Wildman–Crippen MR) is 170 cm³/mol. The minimum atomic E-state index is -3.70. The summed E-state index contributed by atoms with van der Waals surface area (Å²) in [5.74, 6) is 1.61. The molecular weight excluding hydrogens is 574 g/mol. The van der Waals surface area contributed by atoms with Crippen molar-refractivity contribution in [1.29, 1.82) is 0 Å². The van der Waals surface area contributed by atoms with E-state index < -0.39 is 26.4 Å². The Balaban J connectivity index is 1.89. The lowest BCUT2D eigenvalue weighted by molar-refractivity contribution is -0.00130. The third kappa shape index (κ3) is 13.5. The highest BCUT2D eigenvalue weighted by Gasteiger charge is 2.30. The molecule has 8 nitrogen and oxygen atoms in total. The van der Waals surface area contributed by atoms with Crippen LogP contribution in [-0.2, 0) is 33.6 Å². The van der Waals surface area contributed by atoms with Crippen LogP contribution >= 0.6 is 15.2 Å². The number of hydrogen-bond donors (Lipinski definition) is 1. The molecule has 1 aliphatic rings. The van der Waals surface area contributed by atoms with Gasteiger partial charge in [0, 0.05) is 20.6 Å². The summed E-state index contributed by atoms with van der Waals surface area (Å²) in [6.45, 7) is 12.4. The Labute approximate surface area is 254 Å². The molecule has 0 fully saturated rings. The summed E-state index contributed by atoms with van der Waals surface area (Å²) in [7, 11) is -4.04. The van der Waals surface area contributed by atoms with Crippen LogP contribution in [0, 0.1) is 0 Å². The molecule has 2 rings (SSSR count). The minimum absolute atomic E-state index is 0.0666. The summed E-state index contributed by atoms with van der Waals surface area (Å²) in [5, 5.41) is 0. The van der Waals surface area contributed by atoms with Gasteiger partial charge in [0.05, 0.1) is 24.2 Å². The Kier molecular flexibility index (Phi) is 14.5. The summed E-state index contributed by atoms with van der Waals surface area (Å²) in [5.41, 5.74) is 0.927. The van der Waals surface area contributed by atoms with Crippen molar-refractivity contribution < 1.29 is 37.1 Å². The highest BCUT2D eigenvalue weighted by atomic mass is 31.2. The molecule has 0 bridgehead atoms. The Hall–Kier alpha value is -1.40. The second-order valence-electron chi connectivity index (χ2n) is 12.4. The maximum atomic E-state index is 12.9. The van der Waals surface area contributed by atoms with Crippen molar-refractivity contribution in [3.8, 4) is 5.75 Å². The van der Waals surface area contributed by atoms with E-state index in [1.165, 1.54) is 14.2 Å². The van der Waals surface area contributed by atoms with Crippen LogP contribution in [0.3, 0.4) is 0 Å². The van der Waals surface area contributed by atoms with Crippen LogP contribution in [0.15, 0.2) is 47.7 Å². The number of rotatable bonds is 20. The van der Waals surface area contributed by atoms with Gasteiger partial charge in [-0.05, 0) is 83.6 Å². The first-order valence-electron chi connectivity index (χ1n) is 15.2. The predicted octanol–water partition coefficient (Wildman–Crippen LogP) is 9.57. The summed E-state index contributed by atoms with van der Waals surface area (Å²) in [6.07, 6.45) is 11.5. The lowest BCUT2D eigenvalue weighted by Crippen LogP contribution is -2.33. The average molecular weight is 629 g/mol. The molecule has 0 amide bonds. The van der Waals surface area contributed by atoms with Gasteiger partial charge in [0.25, 0.3) is 0 Å². The Morgan fingerprint density at radius 3 is 1.98 bits per heavy atom. The van der Waals surface area contributed by atoms with Gasteiger partial charge < -0.3 is 27.9 Å². The van der Waals surface area contributed by atoms with Crippen molar-refractivity contribution in [2.75, 3.05) is 20.4 Å². The maximum absolute atomic E-state index is 12.9. The normalized spacial score (nSPS) is 16.8. The molecule has 0 aromatic heterocycles. The number of allylic oxidation sites excluding steroid dienone is 4. The molecule has 240 valence electrons. The van der Waals surface area contributed by atoms with E-state index in [1.54, 1.807) is 0 Å². The van der Waals surface area contributed by atoms with E-state index in [0.717, 1.165) is 67.6 Å². The highest BCUT2D eigenvalue weighted by molar-refractivity contribution is 7.53. The zero-order valence-corrected chi connectivity index (χ0v) is 28.8. The summed E-state index contributed by atoms with van der Waals surface area (Å²) < 4.78 is 53.7. The van der Waals surface area contributed by atoms with Gasteiger partial charge in [-0.2, -0.15) is 0 Å². The molecule has 0 radical (unpaired) electrons. The molecule has 0 heterocycles. The van der Waals surface area contributed by atoms with Gasteiger partial charge >= 0.3 is 15.2 Å². The monoisotopic (exact) mass is 628 g/mol. The van der Waals surface area contributed by atoms with Gasteiger partial charge in [-0.25, -0.2) is 0 Å². The first-order chi connectivity index (χ1) is 19.6.